The van der Waals surface area contributed by atoms with Crippen LogP contribution in [0.2, 0.25) is 0 Å². The molecule has 5 heteroatoms. The monoisotopic (exact) mass is 376 g/mol. The maximum atomic E-state index is 14.5. The average molecular weight is 376 g/mol. The van der Waals surface area contributed by atoms with Gasteiger partial charge in [0.1, 0.15) is 11.6 Å². The molecule has 0 aromatic heterocycles. The minimum atomic E-state index is -0.535. The van der Waals surface area contributed by atoms with E-state index in [0.29, 0.717) is 11.1 Å². The predicted octanol–water partition coefficient (Wildman–Crippen LogP) is 4.76. The molecule has 0 spiro atoms. The Kier molecular flexibility index (Phi) is 6.17. The van der Waals surface area contributed by atoms with Crippen molar-refractivity contribution in [2.75, 3.05) is 7.11 Å². The van der Waals surface area contributed by atoms with E-state index in [4.69, 9.17) is 4.74 Å². The summed E-state index contributed by atoms with van der Waals surface area (Å²) in [5, 5.41) is 3.97. The molecule has 0 heterocycles. The lowest BCUT2D eigenvalue weighted by molar-refractivity contribution is -0.122. The molecule has 3 aromatic carbocycles. The zero-order valence-electron chi connectivity index (χ0n) is 15.7. The van der Waals surface area contributed by atoms with Crippen molar-refractivity contribution in [3.63, 3.8) is 0 Å². The van der Waals surface area contributed by atoms with Crippen molar-refractivity contribution in [1.29, 1.82) is 0 Å². The number of benzene rings is 3. The zero-order valence-corrected chi connectivity index (χ0v) is 15.7. The van der Waals surface area contributed by atoms with Crippen molar-refractivity contribution in [3.8, 4) is 16.9 Å². The zero-order chi connectivity index (χ0) is 19.9. The van der Waals surface area contributed by atoms with Gasteiger partial charge in [0.2, 0.25) is 5.91 Å². The second-order valence-electron chi connectivity index (χ2n) is 6.33. The van der Waals surface area contributed by atoms with Crippen LogP contribution >= 0.6 is 0 Å². The third-order valence-corrected chi connectivity index (χ3v) is 4.48. The number of hydrazone groups is 1. The first-order valence-corrected chi connectivity index (χ1v) is 8.90. The molecule has 0 aliphatic rings. The summed E-state index contributed by atoms with van der Waals surface area (Å²) in [6.07, 6.45) is 1.54. The molecule has 0 saturated heterocycles. The molecule has 3 aromatic rings. The normalized spacial score (nSPS) is 12.0. The average Bonchev–Trinajstić information content (AvgIpc) is 2.74. The lowest BCUT2D eigenvalue weighted by Crippen LogP contribution is -2.23. The Morgan fingerprint density at radius 1 is 1.07 bits per heavy atom. The summed E-state index contributed by atoms with van der Waals surface area (Å²) >= 11 is 0. The van der Waals surface area contributed by atoms with Gasteiger partial charge in [0.25, 0.3) is 0 Å². The summed E-state index contributed by atoms with van der Waals surface area (Å²) in [7, 11) is 1.60. The Bertz CT molecular complexity index is 970. The van der Waals surface area contributed by atoms with E-state index in [9.17, 15) is 9.18 Å². The van der Waals surface area contributed by atoms with Gasteiger partial charge in [-0.15, -0.1) is 0 Å². The largest absolute Gasteiger partial charge is 0.497 e. The molecule has 0 aliphatic carbocycles. The second kappa shape index (κ2) is 8.95. The molecule has 1 atom stereocenters. The van der Waals surface area contributed by atoms with E-state index in [1.807, 2.05) is 54.6 Å². The molecule has 0 radical (unpaired) electrons. The van der Waals surface area contributed by atoms with Gasteiger partial charge in [-0.1, -0.05) is 42.5 Å². The number of hydrogen-bond donors (Lipinski definition) is 1. The van der Waals surface area contributed by atoms with Gasteiger partial charge in [-0.25, -0.2) is 9.82 Å². The topological polar surface area (TPSA) is 50.7 Å². The molecule has 0 saturated carbocycles. The van der Waals surface area contributed by atoms with Gasteiger partial charge in [-0.05, 0) is 53.9 Å². The predicted molar refractivity (Wildman–Crippen MR) is 109 cm³/mol. The van der Waals surface area contributed by atoms with Crippen molar-refractivity contribution < 1.29 is 13.9 Å². The first-order chi connectivity index (χ1) is 13.6. The second-order valence-corrected chi connectivity index (χ2v) is 6.33. The van der Waals surface area contributed by atoms with Gasteiger partial charge in [-0.2, -0.15) is 5.10 Å². The van der Waals surface area contributed by atoms with Crippen LogP contribution in [0.1, 0.15) is 24.0 Å². The van der Waals surface area contributed by atoms with Crippen LogP contribution in [0.15, 0.2) is 77.9 Å². The van der Waals surface area contributed by atoms with E-state index in [1.54, 1.807) is 32.4 Å². The number of hydrogen-bond acceptors (Lipinski definition) is 3. The Balaban J connectivity index is 1.65. The molecule has 3 rings (SSSR count). The lowest BCUT2D eigenvalue weighted by Gasteiger charge is -2.12. The van der Waals surface area contributed by atoms with Crippen LogP contribution in [0, 0.1) is 5.82 Å². The van der Waals surface area contributed by atoms with Crippen LogP contribution < -0.4 is 10.2 Å². The molecule has 0 bridgehead atoms. The summed E-state index contributed by atoms with van der Waals surface area (Å²) in [5.41, 5.74) is 5.23. The maximum Gasteiger partial charge on any atom is 0.247 e. The van der Waals surface area contributed by atoms with E-state index in [1.165, 1.54) is 6.07 Å². The standard InChI is InChI=1S/C23H21FN2O2/c1-16(23(27)26-25-15-17-8-11-20(28-2)12-9-17)19-10-13-21(22(24)14-19)18-6-4-3-5-7-18/h3-16H,1-2H3,(H,26,27)/b25-15+. The van der Waals surface area contributed by atoms with Crippen molar-refractivity contribution in [1.82, 2.24) is 5.43 Å². The number of amides is 1. The smallest absolute Gasteiger partial charge is 0.247 e. The third-order valence-electron chi connectivity index (χ3n) is 4.48. The van der Waals surface area contributed by atoms with Crippen molar-refractivity contribution in [2.24, 2.45) is 5.10 Å². The summed E-state index contributed by atoms with van der Waals surface area (Å²) in [6.45, 7) is 1.72. The SMILES string of the molecule is COc1ccc(/C=N/NC(=O)C(C)c2ccc(-c3ccccc3)c(F)c2)cc1. The number of ether oxygens (including phenoxy) is 1. The number of carbonyl (C=O) groups is 1. The molecular weight excluding hydrogens is 355 g/mol. The Morgan fingerprint density at radius 2 is 1.79 bits per heavy atom. The maximum absolute atomic E-state index is 14.5. The number of carbonyl (C=O) groups excluding carboxylic acids is 1. The van der Waals surface area contributed by atoms with Crippen LogP contribution in [-0.4, -0.2) is 19.2 Å². The van der Waals surface area contributed by atoms with Gasteiger partial charge in [0.15, 0.2) is 0 Å². The van der Waals surface area contributed by atoms with Crippen molar-refractivity contribution >= 4 is 12.1 Å². The molecule has 0 aliphatic heterocycles. The number of halogens is 1. The van der Waals surface area contributed by atoms with Gasteiger partial charge in [-0.3, -0.25) is 4.79 Å². The van der Waals surface area contributed by atoms with E-state index in [-0.39, 0.29) is 11.7 Å². The van der Waals surface area contributed by atoms with Gasteiger partial charge < -0.3 is 4.74 Å². The van der Waals surface area contributed by atoms with Crippen LogP contribution in [0.25, 0.3) is 11.1 Å². The summed E-state index contributed by atoms with van der Waals surface area (Å²) in [6, 6.07) is 21.4. The van der Waals surface area contributed by atoms with Crippen LogP contribution in [0.4, 0.5) is 4.39 Å². The fourth-order valence-electron chi connectivity index (χ4n) is 2.76. The molecule has 0 fully saturated rings. The molecule has 4 nitrogen and oxygen atoms in total. The lowest BCUT2D eigenvalue weighted by atomic mass is 9.96. The first-order valence-electron chi connectivity index (χ1n) is 8.90. The third kappa shape index (κ3) is 4.62. The molecule has 1 amide bonds. The van der Waals surface area contributed by atoms with Crippen molar-refractivity contribution in [3.05, 3.63) is 89.7 Å². The number of nitrogens with zero attached hydrogens (tertiary/aromatic N) is 1. The van der Waals surface area contributed by atoms with Crippen LogP contribution in [-0.2, 0) is 4.79 Å². The Morgan fingerprint density at radius 3 is 2.43 bits per heavy atom. The van der Waals surface area contributed by atoms with Gasteiger partial charge in [0, 0.05) is 5.56 Å². The number of nitrogens with one attached hydrogen (secondary N) is 1. The highest BCUT2D eigenvalue weighted by Crippen LogP contribution is 2.26. The van der Waals surface area contributed by atoms with Gasteiger partial charge in [0.05, 0.1) is 19.2 Å². The van der Waals surface area contributed by atoms with Crippen LogP contribution in [0.3, 0.4) is 0 Å². The molecule has 1 N–H and O–H groups in total. The Labute approximate surface area is 163 Å². The van der Waals surface area contributed by atoms with Crippen molar-refractivity contribution in [2.45, 2.75) is 12.8 Å². The number of methoxy groups -OCH3 is 1. The molecule has 28 heavy (non-hydrogen) atoms. The quantitative estimate of drug-likeness (QED) is 0.498. The highest BCUT2D eigenvalue weighted by atomic mass is 19.1. The summed E-state index contributed by atoms with van der Waals surface area (Å²) in [4.78, 5) is 12.3. The Hall–Kier alpha value is -3.47. The fraction of sp³-hybridized carbons (Fsp3) is 0.130. The van der Waals surface area contributed by atoms with E-state index < -0.39 is 5.92 Å². The highest BCUT2D eigenvalue weighted by Gasteiger charge is 2.16. The minimum Gasteiger partial charge on any atom is -0.497 e. The van der Waals surface area contributed by atoms with E-state index in [0.717, 1.165) is 16.9 Å². The molecular formula is C23H21FN2O2. The van der Waals surface area contributed by atoms with Crippen LogP contribution in [0.5, 0.6) is 5.75 Å². The molecule has 142 valence electrons. The number of rotatable bonds is 6. The van der Waals surface area contributed by atoms with Gasteiger partial charge >= 0.3 is 0 Å². The minimum absolute atomic E-state index is 0.309. The van der Waals surface area contributed by atoms with E-state index in [2.05, 4.69) is 10.5 Å². The van der Waals surface area contributed by atoms with E-state index >= 15 is 0 Å². The first kappa shape index (κ1) is 19.3. The summed E-state index contributed by atoms with van der Waals surface area (Å²) < 4.78 is 19.6. The summed E-state index contributed by atoms with van der Waals surface area (Å²) in [5.74, 6) is -0.454. The highest BCUT2D eigenvalue weighted by molar-refractivity contribution is 5.86. The molecule has 1 unspecified atom stereocenters. The fourth-order valence-corrected chi connectivity index (χ4v) is 2.76.